The van der Waals surface area contributed by atoms with Gasteiger partial charge in [-0.2, -0.15) is 4.68 Å². The molecule has 11 heteroatoms. The molecule has 158 valence electrons. The van der Waals surface area contributed by atoms with Crippen LogP contribution < -0.4 is 16.6 Å². The number of rotatable bonds is 5. The monoisotopic (exact) mass is 423 g/mol. The van der Waals surface area contributed by atoms with Gasteiger partial charge in [-0.1, -0.05) is 12.1 Å². The summed E-state index contributed by atoms with van der Waals surface area (Å²) in [5.74, 6) is -0.791. The number of nitrogens with zero attached hydrogens (tertiary/aromatic N) is 6. The first-order chi connectivity index (χ1) is 14.9. The van der Waals surface area contributed by atoms with Crippen molar-refractivity contribution in [3.8, 4) is 5.69 Å². The topological polar surface area (TPSA) is 117 Å². The Labute approximate surface area is 174 Å². The third kappa shape index (κ3) is 3.61. The standard InChI is InChI=1S/C20H18FN7O3/c1-3-26-19(30)14-6-4-5-7-17(14)27(20(26)31)11-18(29)22-16-10-13(8-9-15(16)21)28-12(2)23-24-25-28/h4-10H,3,11H2,1-2H3,(H,22,29). The van der Waals surface area contributed by atoms with Crippen LogP contribution in [0.25, 0.3) is 16.6 Å². The third-order valence-electron chi connectivity index (χ3n) is 4.84. The highest BCUT2D eigenvalue weighted by atomic mass is 19.1. The SMILES string of the molecule is CCn1c(=O)c2ccccc2n(CC(=O)Nc2cc(-n3nnnc3C)ccc2F)c1=O. The fourth-order valence-corrected chi connectivity index (χ4v) is 3.35. The first kappa shape index (κ1) is 20.1. The van der Waals surface area contributed by atoms with Gasteiger partial charge in [-0.3, -0.25) is 18.7 Å². The maximum Gasteiger partial charge on any atom is 0.331 e. The average Bonchev–Trinajstić information content (AvgIpc) is 3.19. The largest absolute Gasteiger partial charge is 0.331 e. The van der Waals surface area contributed by atoms with Crippen molar-refractivity contribution in [3.05, 3.63) is 74.9 Å². The van der Waals surface area contributed by atoms with Gasteiger partial charge in [0.1, 0.15) is 12.4 Å². The van der Waals surface area contributed by atoms with Crippen LogP contribution in [-0.2, 0) is 17.9 Å². The Morgan fingerprint density at radius 3 is 2.61 bits per heavy atom. The van der Waals surface area contributed by atoms with E-state index in [1.54, 1.807) is 38.1 Å². The molecule has 1 amide bonds. The van der Waals surface area contributed by atoms with Crippen LogP contribution in [0.2, 0.25) is 0 Å². The van der Waals surface area contributed by atoms with Gasteiger partial charge in [0.15, 0.2) is 5.82 Å². The number of hydrogen-bond donors (Lipinski definition) is 1. The van der Waals surface area contributed by atoms with Crippen molar-refractivity contribution in [2.75, 3.05) is 5.32 Å². The normalized spacial score (nSPS) is 11.1. The Morgan fingerprint density at radius 2 is 1.90 bits per heavy atom. The molecule has 10 nitrogen and oxygen atoms in total. The zero-order valence-corrected chi connectivity index (χ0v) is 16.7. The molecule has 2 heterocycles. The van der Waals surface area contributed by atoms with Gasteiger partial charge < -0.3 is 5.32 Å². The summed E-state index contributed by atoms with van der Waals surface area (Å²) in [6.45, 7) is 3.12. The van der Waals surface area contributed by atoms with E-state index in [1.165, 1.54) is 27.4 Å². The number of fused-ring (bicyclic) bond motifs is 1. The van der Waals surface area contributed by atoms with Crippen molar-refractivity contribution < 1.29 is 9.18 Å². The Hall–Kier alpha value is -4.15. The molecule has 0 aliphatic carbocycles. The van der Waals surface area contributed by atoms with Crippen LogP contribution in [0, 0.1) is 12.7 Å². The second kappa shape index (κ2) is 7.94. The predicted octanol–water partition coefficient (Wildman–Crippen LogP) is 1.25. The summed E-state index contributed by atoms with van der Waals surface area (Å²) in [4.78, 5) is 38.0. The number of halogens is 1. The van der Waals surface area contributed by atoms with E-state index >= 15 is 0 Å². The lowest BCUT2D eigenvalue weighted by Crippen LogP contribution is -2.41. The van der Waals surface area contributed by atoms with E-state index in [2.05, 4.69) is 20.8 Å². The Morgan fingerprint density at radius 1 is 1.13 bits per heavy atom. The number of hydrogen-bond acceptors (Lipinski definition) is 6. The average molecular weight is 423 g/mol. The zero-order valence-electron chi connectivity index (χ0n) is 16.7. The minimum Gasteiger partial charge on any atom is -0.322 e. The lowest BCUT2D eigenvalue weighted by molar-refractivity contribution is -0.116. The minimum absolute atomic E-state index is 0.0847. The molecule has 0 aliphatic rings. The Kier molecular flexibility index (Phi) is 5.15. The molecule has 31 heavy (non-hydrogen) atoms. The first-order valence-electron chi connectivity index (χ1n) is 9.48. The van der Waals surface area contributed by atoms with Gasteiger partial charge in [0.2, 0.25) is 5.91 Å². The van der Waals surface area contributed by atoms with Crippen molar-refractivity contribution in [2.45, 2.75) is 26.9 Å². The lowest BCUT2D eigenvalue weighted by Gasteiger charge is -2.14. The molecule has 0 unspecified atom stereocenters. The quantitative estimate of drug-likeness (QED) is 0.516. The van der Waals surface area contributed by atoms with E-state index in [9.17, 15) is 18.8 Å². The molecule has 2 aromatic heterocycles. The number of para-hydroxylation sites is 1. The van der Waals surface area contributed by atoms with Crippen LogP contribution in [0.4, 0.5) is 10.1 Å². The maximum atomic E-state index is 14.3. The summed E-state index contributed by atoms with van der Waals surface area (Å²) in [5, 5.41) is 13.9. The molecule has 0 fully saturated rings. The van der Waals surface area contributed by atoms with E-state index in [0.717, 1.165) is 4.57 Å². The molecule has 0 saturated heterocycles. The summed E-state index contributed by atoms with van der Waals surface area (Å²) in [7, 11) is 0. The van der Waals surface area contributed by atoms with E-state index < -0.39 is 29.5 Å². The van der Waals surface area contributed by atoms with Gasteiger partial charge in [-0.25, -0.2) is 9.18 Å². The van der Waals surface area contributed by atoms with Crippen LogP contribution in [0.1, 0.15) is 12.7 Å². The molecule has 4 aromatic rings. The number of carbonyl (C=O) groups is 1. The fraction of sp³-hybridized carbons (Fsp3) is 0.200. The number of aromatic nitrogens is 6. The Bertz CT molecular complexity index is 1420. The molecule has 0 bridgehead atoms. The van der Waals surface area contributed by atoms with Gasteiger partial charge in [0.25, 0.3) is 5.56 Å². The van der Waals surface area contributed by atoms with E-state index in [0.29, 0.717) is 22.4 Å². The highest BCUT2D eigenvalue weighted by molar-refractivity contribution is 5.92. The van der Waals surface area contributed by atoms with Crippen molar-refractivity contribution in [3.63, 3.8) is 0 Å². The van der Waals surface area contributed by atoms with Crippen LogP contribution in [0.3, 0.4) is 0 Å². The number of amides is 1. The van der Waals surface area contributed by atoms with Crippen molar-refractivity contribution in [1.29, 1.82) is 0 Å². The smallest absolute Gasteiger partial charge is 0.322 e. The van der Waals surface area contributed by atoms with Crippen molar-refractivity contribution in [2.24, 2.45) is 0 Å². The van der Waals surface area contributed by atoms with Gasteiger partial charge in [0, 0.05) is 6.54 Å². The number of aryl methyl sites for hydroxylation is 1. The summed E-state index contributed by atoms with van der Waals surface area (Å²) in [6, 6.07) is 10.6. The summed E-state index contributed by atoms with van der Waals surface area (Å²) >= 11 is 0. The molecule has 0 aliphatic heterocycles. The molecular weight excluding hydrogens is 405 g/mol. The van der Waals surface area contributed by atoms with Crippen molar-refractivity contribution in [1.82, 2.24) is 29.3 Å². The molecule has 4 rings (SSSR count). The van der Waals surface area contributed by atoms with Crippen LogP contribution in [0.5, 0.6) is 0 Å². The molecule has 0 saturated carbocycles. The summed E-state index contributed by atoms with van der Waals surface area (Å²) < 4.78 is 18.0. The lowest BCUT2D eigenvalue weighted by atomic mass is 10.2. The van der Waals surface area contributed by atoms with Crippen LogP contribution in [0.15, 0.2) is 52.1 Å². The first-order valence-corrected chi connectivity index (χ1v) is 9.48. The van der Waals surface area contributed by atoms with E-state index in [-0.39, 0.29) is 12.2 Å². The van der Waals surface area contributed by atoms with E-state index in [4.69, 9.17) is 0 Å². The number of carbonyl (C=O) groups excluding carboxylic acids is 1. The number of benzene rings is 2. The highest BCUT2D eigenvalue weighted by Crippen LogP contribution is 2.19. The second-order valence-corrected chi connectivity index (χ2v) is 6.79. The predicted molar refractivity (Wildman–Crippen MR) is 111 cm³/mol. The van der Waals surface area contributed by atoms with Crippen LogP contribution in [-0.4, -0.2) is 35.2 Å². The van der Waals surface area contributed by atoms with Crippen molar-refractivity contribution >= 4 is 22.5 Å². The zero-order chi connectivity index (χ0) is 22.1. The molecule has 2 aromatic carbocycles. The molecule has 1 N–H and O–H groups in total. The summed E-state index contributed by atoms with van der Waals surface area (Å²) in [6.07, 6.45) is 0. The fourth-order valence-electron chi connectivity index (χ4n) is 3.35. The number of anilines is 1. The molecule has 0 radical (unpaired) electrons. The van der Waals surface area contributed by atoms with Gasteiger partial charge in [0.05, 0.1) is 22.3 Å². The second-order valence-electron chi connectivity index (χ2n) is 6.79. The van der Waals surface area contributed by atoms with E-state index in [1.807, 2.05) is 0 Å². The number of nitrogens with one attached hydrogen (secondary N) is 1. The minimum atomic E-state index is -0.654. The van der Waals surface area contributed by atoms with Crippen LogP contribution >= 0.6 is 0 Å². The van der Waals surface area contributed by atoms with Gasteiger partial charge >= 0.3 is 5.69 Å². The molecule has 0 spiro atoms. The maximum absolute atomic E-state index is 14.3. The summed E-state index contributed by atoms with van der Waals surface area (Å²) in [5.41, 5.74) is -0.328. The molecular formula is C20H18FN7O3. The molecule has 0 atom stereocenters. The highest BCUT2D eigenvalue weighted by Gasteiger charge is 2.16. The van der Waals surface area contributed by atoms with Gasteiger partial charge in [-0.05, 0) is 54.6 Å². The van der Waals surface area contributed by atoms with Gasteiger partial charge in [-0.15, -0.1) is 5.10 Å². The number of tetrazole rings is 1. The third-order valence-corrected chi connectivity index (χ3v) is 4.84. The Balaban J connectivity index is 1.69.